The first-order valence-corrected chi connectivity index (χ1v) is 10.0. The number of urea groups is 1. The maximum atomic E-state index is 10.8. The number of hydrogen-bond acceptors (Lipinski definition) is 6. The summed E-state index contributed by atoms with van der Waals surface area (Å²) in [6.07, 6.45) is 0. The molecule has 0 saturated carbocycles. The first-order valence-electron chi connectivity index (χ1n) is 8.64. The van der Waals surface area contributed by atoms with Crippen LogP contribution in [0.25, 0.3) is 22.0 Å². The van der Waals surface area contributed by atoms with Gasteiger partial charge in [-0.3, -0.25) is 0 Å². The lowest BCUT2D eigenvalue weighted by Gasteiger charge is -2.20. The average Bonchev–Trinajstić information content (AvgIpc) is 2.65. The number of halogens is 1. The van der Waals surface area contributed by atoms with Crippen molar-refractivity contribution in [3.63, 3.8) is 0 Å². The number of nitrogens with two attached hydrogens (primary N) is 2. The molecule has 7 nitrogen and oxygen atoms in total. The normalized spacial score (nSPS) is 12.9. The Bertz CT molecular complexity index is 1080. The highest BCUT2D eigenvalue weighted by atomic mass is 35.5. The molecule has 2 aromatic carbocycles. The number of anilines is 1. The molecule has 5 N–H and O–H groups in total. The zero-order valence-corrected chi connectivity index (χ0v) is 16.4. The number of carbonyl (C=O) groups excluding carboxylic acids is 1. The van der Waals surface area contributed by atoms with Gasteiger partial charge in [0, 0.05) is 17.9 Å². The van der Waals surface area contributed by atoms with E-state index in [0.29, 0.717) is 41.3 Å². The predicted octanol–water partition coefficient (Wildman–Crippen LogP) is 3.32. The summed E-state index contributed by atoms with van der Waals surface area (Å²) in [4.78, 5) is 19.5. The molecule has 2 heterocycles. The molecule has 0 spiro atoms. The molecular weight excluding hydrogens is 398 g/mol. The van der Waals surface area contributed by atoms with Crippen LogP contribution in [0, 0.1) is 0 Å². The second-order valence-electron chi connectivity index (χ2n) is 6.31. The fourth-order valence-corrected chi connectivity index (χ4v) is 4.45. The maximum Gasteiger partial charge on any atom is 0.312 e. The number of aromatic nitrogens is 2. The zero-order valence-electron chi connectivity index (χ0n) is 14.9. The van der Waals surface area contributed by atoms with Crippen LogP contribution in [0.5, 0.6) is 0 Å². The number of hydrogen-bond donors (Lipinski definition) is 3. The van der Waals surface area contributed by atoms with Crippen molar-refractivity contribution < 1.29 is 9.53 Å². The lowest BCUT2D eigenvalue weighted by Crippen LogP contribution is -2.31. The molecule has 3 aromatic rings. The van der Waals surface area contributed by atoms with Gasteiger partial charge in [0.2, 0.25) is 5.95 Å². The predicted molar refractivity (Wildman–Crippen MR) is 111 cm³/mol. The van der Waals surface area contributed by atoms with E-state index in [1.54, 1.807) is 0 Å². The van der Waals surface area contributed by atoms with Gasteiger partial charge in [0.1, 0.15) is 5.03 Å². The van der Waals surface area contributed by atoms with E-state index in [1.807, 2.05) is 24.3 Å². The first kappa shape index (κ1) is 18.8. The number of ether oxygens (including phenoxy) is 1. The van der Waals surface area contributed by atoms with Crippen molar-refractivity contribution in [3.05, 3.63) is 46.5 Å². The average molecular weight is 416 g/mol. The molecule has 28 heavy (non-hydrogen) atoms. The van der Waals surface area contributed by atoms with Crippen molar-refractivity contribution in [2.45, 2.75) is 18.2 Å². The van der Waals surface area contributed by atoms with E-state index in [0.717, 1.165) is 27.5 Å². The van der Waals surface area contributed by atoms with Gasteiger partial charge in [-0.05, 0) is 34.0 Å². The molecule has 0 bridgehead atoms. The van der Waals surface area contributed by atoms with Gasteiger partial charge in [0.15, 0.2) is 0 Å². The summed E-state index contributed by atoms with van der Waals surface area (Å²) in [5, 5.41) is 6.02. The number of nitrogens with one attached hydrogen (secondary N) is 1. The third-order valence-electron chi connectivity index (χ3n) is 4.42. The zero-order chi connectivity index (χ0) is 19.7. The van der Waals surface area contributed by atoms with E-state index in [2.05, 4.69) is 21.4 Å². The number of nitrogen functional groups attached to an aromatic ring is 1. The van der Waals surface area contributed by atoms with Gasteiger partial charge in [-0.15, -0.1) is 11.8 Å². The monoisotopic (exact) mass is 415 g/mol. The van der Waals surface area contributed by atoms with Crippen molar-refractivity contribution in [1.82, 2.24) is 15.3 Å². The fourth-order valence-electron chi connectivity index (χ4n) is 3.35. The summed E-state index contributed by atoms with van der Waals surface area (Å²) in [6.45, 7) is 1.54. The van der Waals surface area contributed by atoms with E-state index in [4.69, 9.17) is 27.8 Å². The molecular formula is C19H18ClN5O2S. The Balaban J connectivity index is 1.75. The molecule has 0 atom stereocenters. The summed E-state index contributed by atoms with van der Waals surface area (Å²) in [6, 6.07) is 9.33. The lowest BCUT2D eigenvalue weighted by atomic mass is 9.93. The highest BCUT2D eigenvalue weighted by Crippen LogP contribution is 2.40. The Labute approximate surface area is 170 Å². The number of rotatable bonds is 5. The number of amides is 2. The van der Waals surface area contributed by atoms with Crippen LogP contribution in [0.3, 0.4) is 0 Å². The smallest absolute Gasteiger partial charge is 0.312 e. The fraction of sp³-hybridized carbons (Fsp3) is 0.211. The second kappa shape index (κ2) is 7.83. The molecule has 144 valence electrons. The molecule has 0 aliphatic carbocycles. The van der Waals surface area contributed by atoms with E-state index in [-0.39, 0.29) is 5.95 Å². The number of nitrogens with zero attached hydrogens (tertiary/aromatic N) is 2. The van der Waals surface area contributed by atoms with Gasteiger partial charge in [0.25, 0.3) is 0 Å². The van der Waals surface area contributed by atoms with Crippen molar-refractivity contribution in [2.75, 3.05) is 18.0 Å². The van der Waals surface area contributed by atoms with Crippen LogP contribution < -0.4 is 16.8 Å². The van der Waals surface area contributed by atoms with Crippen LogP contribution in [-0.4, -0.2) is 28.3 Å². The topological polar surface area (TPSA) is 116 Å². The molecule has 0 saturated heterocycles. The lowest BCUT2D eigenvalue weighted by molar-refractivity contribution is 0.103. The van der Waals surface area contributed by atoms with Crippen LogP contribution in [0.4, 0.5) is 10.7 Å². The number of carbonyl (C=O) groups is 1. The number of primary amides is 1. The van der Waals surface area contributed by atoms with E-state index >= 15 is 0 Å². The van der Waals surface area contributed by atoms with Crippen LogP contribution in [0.1, 0.15) is 11.1 Å². The third-order valence-corrected chi connectivity index (χ3v) is 5.63. The summed E-state index contributed by atoms with van der Waals surface area (Å²) in [7, 11) is 0. The van der Waals surface area contributed by atoms with E-state index < -0.39 is 6.03 Å². The second-order valence-corrected chi connectivity index (χ2v) is 7.84. The molecule has 9 heteroatoms. The Morgan fingerprint density at radius 1 is 1.25 bits per heavy atom. The number of thioether (sulfide) groups is 1. The summed E-state index contributed by atoms with van der Waals surface area (Å²) in [5.74, 6) is 0.774. The summed E-state index contributed by atoms with van der Waals surface area (Å²) in [5.41, 5.74) is 14.7. The molecule has 1 aromatic heterocycles. The van der Waals surface area contributed by atoms with Crippen molar-refractivity contribution >= 4 is 46.1 Å². The minimum Gasteiger partial charge on any atom is -0.372 e. The molecule has 0 fully saturated rings. The molecule has 1 aliphatic rings. The Morgan fingerprint density at radius 3 is 2.89 bits per heavy atom. The van der Waals surface area contributed by atoms with Gasteiger partial charge in [-0.2, -0.15) is 0 Å². The standard InChI is InChI=1S/C19H18ClN5O2S/c20-13-6-11-9-27-8-10-2-1-3-12(16(10)11)17(13)14-7-15(25-18(21)24-14)28-5-4-23-19(22)26/h1-3,6-7H,4-5,8-9H2,(H2,21,24,25)(H3,22,23,26). The third kappa shape index (κ3) is 3.71. The quantitative estimate of drug-likeness (QED) is 0.334. The minimum absolute atomic E-state index is 0.169. The van der Waals surface area contributed by atoms with Gasteiger partial charge in [-0.25, -0.2) is 14.8 Å². The maximum absolute atomic E-state index is 10.8. The SMILES string of the molecule is NC(=O)NCCSc1cc(-c2c(Cl)cc3c4c(cccc24)COC3)nc(N)n1. The van der Waals surface area contributed by atoms with Gasteiger partial charge in [0.05, 0.1) is 23.9 Å². The minimum atomic E-state index is -0.553. The van der Waals surface area contributed by atoms with Crippen molar-refractivity contribution in [1.29, 1.82) is 0 Å². The van der Waals surface area contributed by atoms with E-state index in [9.17, 15) is 4.79 Å². The summed E-state index contributed by atoms with van der Waals surface area (Å²) >= 11 is 8.09. The molecule has 4 rings (SSSR count). The van der Waals surface area contributed by atoms with E-state index in [1.165, 1.54) is 11.8 Å². The van der Waals surface area contributed by atoms with Crippen LogP contribution in [-0.2, 0) is 18.0 Å². The first-order chi connectivity index (χ1) is 13.5. The molecule has 0 radical (unpaired) electrons. The Morgan fingerprint density at radius 2 is 2.07 bits per heavy atom. The van der Waals surface area contributed by atoms with Gasteiger partial charge in [-0.1, -0.05) is 29.8 Å². The van der Waals surface area contributed by atoms with Crippen LogP contribution in [0.2, 0.25) is 5.02 Å². The van der Waals surface area contributed by atoms with Gasteiger partial charge < -0.3 is 21.5 Å². The number of benzene rings is 2. The summed E-state index contributed by atoms with van der Waals surface area (Å²) < 4.78 is 5.65. The largest absolute Gasteiger partial charge is 0.372 e. The molecule has 1 aliphatic heterocycles. The Kier molecular flexibility index (Phi) is 5.25. The van der Waals surface area contributed by atoms with Gasteiger partial charge >= 0.3 is 6.03 Å². The van der Waals surface area contributed by atoms with Crippen LogP contribution >= 0.6 is 23.4 Å². The highest BCUT2D eigenvalue weighted by molar-refractivity contribution is 7.99. The van der Waals surface area contributed by atoms with Crippen molar-refractivity contribution in [3.8, 4) is 11.3 Å². The van der Waals surface area contributed by atoms with Crippen molar-refractivity contribution in [2.24, 2.45) is 5.73 Å². The highest BCUT2D eigenvalue weighted by Gasteiger charge is 2.20. The molecule has 2 amide bonds. The van der Waals surface area contributed by atoms with Crippen LogP contribution in [0.15, 0.2) is 35.4 Å². The Hall–Kier alpha value is -2.55. The molecule has 0 unspecified atom stereocenters.